The number of carbonyl (C=O) groups is 3. The van der Waals surface area contributed by atoms with Crippen molar-refractivity contribution in [1.82, 2.24) is 15.6 Å². The van der Waals surface area contributed by atoms with E-state index in [0.717, 1.165) is 0 Å². The monoisotopic (exact) mass is 269 g/mol. The molecule has 18 heavy (non-hydrogen) atoms. The molecule has 7 nitrogen and oxygen atoms in total. The van der Waals surface area contributed by atoms with Gasteiger partial charge in [-0.2, -0.15) is 0 Å². The maximum atomic E-state index is 11.7. The van der Waals surface area contributed by atoms with Gasteiger partial charge in [0.15, 0.2) is 5.69 Å². The van der Waals surface area contributed by atoms with E-state index >= 15 is 0 Å². The normalized spacial score (nSPS) is 18.4. The van der Waals surface area contributed by atoms with Crippen LogP contribution in [0, 0.1) is 5.92 Å². The van der Waals surface area contributed by atoms with Gasteiger partial charge in [0.1, 0.15) is 5.01 Å². The van der Waals surface area contributed by atoms with Gasteiger partial charge >= 0.3 is 5.97 Å². The van der Waals surface area contributed by atoms with E-state index < -0.39 is 5.97 Å². The van der Waals surface area contributed by atoms with Crippen molar-refractivity contribution < 1.29 is 19.5 Å². The number of nitrogens with one attached hydrogen (secondary N) is 2. The summed E-state index contributed by atoms with van der Waals surface area (Å²) in [4.78, 5) is 37.1. The Balaban J connectivity index is 1.85. The molecule has 0 radical (unpaired) electrons. The van der Waals surface area contributed by atoms with E-state index in [-0.39, 0.29) is 36.4 Å². The van der Waals surface area contributed by atoms with Crippen LogP contribution in [0.1, 0.15) is 21.9 Å². The predicted molar refractivity (Wildman–Crippen MR) is 62.0 cm³/mol. The van der Waals surface area contributed by atoms with Crippen LogP contribution in [0.3, 0.4) is 0 Å². The zero-order valence-electron chi connectivity index (χ0n) is 9.30. The molecule has 1 saturated heterocycles. The van der Waals surface area contributed by atoms with E-state index in [0.29, 0.717) is 11.6 Å². The highest BCUT2D eigenvalue weighted by Crippen LogP contribution is 2.11. The molecule has 2 rings (SSSR count). The Kier molecular flexibility index (Phi) is 3.56. The first-order valence-electron chi connectivity index (χ1n) is 5.28. The number of carboxylic acids is 1. The lowest BCUT2D eigenvalue weighted by Gasteiger charge is -2.07. The first kappa shape index (κ1) is 12.5. The van der Waals surface area contributed by atoms with Crippen LogP contribution in [0.2, 0.25) is 0 Å². The Hall–Kier alpha value is -1.96. The van der Waals surface area contributed by atoms with Gasteiger partial charge in [-0.1, -0.05) is 0 Å². The number of thiazole rings is 1. The number of aromatic nitrogens is 1. The Morgan fingerprint density at radius 2 is 2.39 bits per heavy atom. The van der Waals surface area contributed by atoms with Gasteiger partial charge in [0.25, 0.3) is 0 Å². The number of aromatic carboxylic acids is 1. The molecule has 0 aromatic carbocycles. The summed E-state index contributed by atoms with van der Waals surface area (Å²) in [5.41, 5.74) is -0.0260. The topological polar surface area (TPSA) is 108 Å². The Morgan fingerprint density at radius 1 is 1.61 bits per heavy atom. The molecule has 2 amide bonds. The second-order valence-electron chi connectivity index (χ2n) is 3.85. The third-order valence-corrected chi connectivity index (χ3v) is 3.38. The molecule has 2 heterocycles. The van der Waals surface area contributed by atoms with Crippen molar-refractivity contribution >= 4 is 29.1 Å². The molecule has 1 aromatic rings. The van der Waals surface area contributed by atoms with Gasteiger partial charge in [0.2, 0.25) is 11.8 Å². The van der Waals surface area contributed by atoms with Crippen LogP contribution in [-0.4, -0.2) is 34.4 Å². The Bertz CT molecular complexity index is 499. The fraction of sp³-hybridized carbons (Fsp3) is 0.400. The summed E-state index contributed by atoms with van der Waals surface area (Å²) in [6.45, 7) is 0.532. The van der Waals surface area contributed by atoms with Gasteiger partial charge < -0.3 is 15.7 Å². The van der Waals surface area contributed by atoms with Crippen LogP contribution in [0.15, 0.2) is 5.38 Å². The zero-order valence-corrected chi connectivity index (χ0v) is 10.1. The lowest BCUT2D eigenvalue weighted by Crippen LogP contribution is -2.31. The second kappa shape index (κ2) is 5.13. The van der Waals surface area contributed by atoms with Crippen molar-refractivity contribution in [2.24, 2.45) is 5.92 Å². The summed E-state index contributed by atoms with van der Waals surface area (Å²) in [5.74, 6) is -1.79. The Labute approximate surface area is 106 Å². The average molecular weight is 269 g/mol. The molecule has 1 unspecified atom stereocenters. The summed E-state index contributed by atoms with van der Waals surface area (Å²) in [6, 6.07) is 0. The van der Waals surface area contributed by atoms with E-state index in [4.69, 9.17) is 5.11 Å². The first-order chi connectivity index (χ1) is 8.56. The smallest absolute Gasteiger partial charge is 0.355 e. The maximum Gasteiger partial charge on any atom is 0.355 e. The number of hydrogen-bond donors (Lipinski definition) is 3. The third-order valence-electron chi connectivity index (χ3n) is 2.53. The van der Waals surface area contributed by atoms with Gasteiger partial charge in [-0.15, -0.1) is 11.3 Å². The summed E-state index contributed by atoms with van der Waals surface area (Å²) in [7, 11) is 0. The van der Waals surface area contributed by atoms with Crippen LogP contribution in [-0.2, 0) is 16.1 Å². The Morgan fingerprint density at radius 3 is 2.94 bits per heavy atom. The molecular formula is C10H11N3O4S. The fourth-order valence-electron chi connectivity index (χ4n) is 1.59. The zero-order chi connectivity index (χ0) is 13.1. The first-order valence-corrected chi connectivity index (χ1v) is 6.16. The fourth-order valence-corrected chi connectivity index (χ4v) is 2.30. The van der Waals surface area contributed by atoms with Crippen LogP contribution >= 0.6 is 11.3 Å². The highest BCUT2D eigenvalue weighted by Gasteiger charge is 2.27. The van der Waals surface area contributed by atoms with E-state index in [2.05, 4.69) is 15.6 Å². The van der Waals surface area contributed by atoms with Crippen LogP contribution in [0.4, 0.5) is 0 Å². The molecule has 0 aliphatic carbocycles. The molecule has 8 heteroatoms. The van der Waals surface area contributed by atoms with Crippen molar-refractivity contribution in [2.75, 3.05) is 6.54 Å². The molecule has 1 aliphatic heterocycles. The molecule has 1 aliphatic rings. The summed E-state index contributed by atoms with van der Waals surface area (Å²) in [6.07, 6.45) is 0.198. The molecule has 0 saturated carbocycles. The summed E-state index contributed by atoms with van der Waals surface area (Å²) < 4.78 is 0. The SMILES string of the molecule is O=C1CC(C(=O)NCc2nc(C(=O)O)cs2)CN1. The third kappa shape index (κ3) is 2.83. The minimum absolute atomic E-state index is 0.0260. The molecule has 3 N–H and O–H groups in total. The van der Waals surface area contributed by atoms with Crippen molar-refractivity contribution in [3.63, 3.8) is 0 Å². The van der Waals surface area contributed by atoms with Gasteiger partial charge in [-0.3, -0.25) is 9.59 Å². The standard InChI is InChI=1S/C10H11N3O4S/c14-7-1-5(2-11-7)9(15)12-3-8-13-6(4-18-8)10(16)17/h4-5H,1-3H2,(H,11,14)(H,12,15)(H,16,17). The molecule has 1 fully saturated rings. The van der Waals surface area contributed by atoms with Gasteiger partial charge in [-0.25, -0.2) is 9.78 Å². The second-order valence-corrected chi connectivity index (χ2v) is 4.80. The largest absolute Gasteiger partial charge is 0.476 e. The summed E-state index contributed by atoms with van der Waals surface area (Å²) in [5, 5.41) is 15.9. The van der Waals surface area contributed by atoms with E-state index in [9.17, 15) is 14.4 Å². The molecular weight excluding hydrogens is 258 g/mol. The van der Waals surface area contributed by atoms with Gasteiger partial charge in [0.05, 0.1) is 12.5 Å². The molecule has 0 bridgehead atoms. The van der Waals surface area contributed by atoms with Crippen molar-refractivity contribution in [3.05, 3.63) is 16.1 Å². The van der Waals surface area contributed by atoms with Crippen molar-refractivity contribution in [2.45, 2.75) is 13.0 Å². The lowest BCUT2D eigenvalue weighted by molar-refractivity contribution is -0.126. The highest BCUT2D eigenvalue weighted by molar-refractivity contribution is 7.09. The van der Waals surface area contributed by atoms with Crippen molar-refractivity contribution in [1.29, 1.82) is 0 Å². The van der Waals surface area contributed by atoms with Crippen molar-refractivity contribution in [3.8, 4) is 0 Å². The van der Waals surface area contributed by atoms with E-state index in [1.807, 2.05) is 0 Å². The van der Waals surface area contributed by atoms with Gasteiger partial charge in [0, 0.05) is 18.3 Å². The number of carboxylic acid groups (broad SMARTS) is 1. The average Bonchev–Trinajstić information content (AvgIpc) is 2.94. The number of hydrogen-bond acceptors (Lipinski definition) is 5. The number of nitrogens with zero attached hydrogens (tertiary/aromatic N) is 1. The number of carbonyl (C=O) groups excluding carboxylic acids is 2. The number of rotatable bonds is 4. The van der Waals surface area contributed by atoms with E-state index in [1.165, 1.54) is 16.7 Å². The van der Waals surface area contributed by atoms with E-state index in [1.54, 1.807) is 0 Å². The quantitative estimate of drug-likeness (QED) is 0.688. The van der Waals surface area contributed by atoms with Crippen LogP contribution in [0.5, 0.6) is 0 Å². The minimum Gasteiger partial charge on any atom is -0.476 e. The lowest BCUT2D eigenvalue weighted by atomic mass is 10.1. The number of amides is 2. The molecule has 1 atom stereocenters. The molecule has 1 aromatic heterocycles. The predicted octanol–water partition coefficient (Wildman–Crippen LogP) is -0.406. The molecule has 96 valence electrons. The van der Waals surface area contributed by atoms with Crippen LogP contribution < -0.4 is 10.6 Å². The maximum absolute atomic E-state index is 11.7. The van der Waals surface area contributed by atoms with Gasteiger partial charge in [-0.05, 0) is 0 Å². The van der Waals surface area contributed by atoms with Crippen LogP contribution in [0.25, 0.3) is 0 Å². The molecule has 0 spiro atoms. The summed E-state index contributed by atoms with van der Waals surface area (Å²) >= 11 is 1.17. The highest BCUT2D eigenvalue weighted by atomic mass is 32.1. The minimum atomic E-state index is -1.09.